The molecule has 0 aliphatic rings. The maximum atomic E-state index is 12.8. The highest BCUT2D eigenvalue weighted by Gasteiger charge is 2.15. The molecule has 5 nitrogen and oxygen atoms in total. The molecule has 5 heteroatoms. The van der Waals surface area contributed by atoms with Crippen molar-refractivity contribution in [3.05, 3.63) is 83.2 Å². The average molecular weight is 386 g/mol. The molecule has 0 unspecified atom stereocenters. The summed E-state index contributed by atoms with van der Waals surface area (Å²) in [6, 6.07) is 16.9. The summed E-state index contributed by atoms with van der Waals surface area (Å²) in [4.78, 5) is 17.1. The summed E-state index contributed by atoms with van der Waals surface area (Å²) >= 11 is 0. The van der Waals surface area contributed by atoms with E-state index in [0.29, 0.717) is 28.5 Å². The van der Waals surface area contributed by atoms with Crippen LogP contribution in [0, 0.1) is 13.8 Å². The van der Waals surface area contributed by atoms with Crippen molar-refractivity contribution in [2.24, 2.45) is 0 Å². The molecule has 2 heterocycles. The summed E-state index contributed by atoms with van der Waals surface area (Å²) in [5.41, 5.74) is 3.31. The maximum Gasteiger partial charge on any atom is 0.257 e. The van der Waals surface area contributed by atoms with Gasteiger partial charge >= 0.3 is 0 Å². The van der Waals surface area contributed by atoms with E-state index in [1.807, 2.05) is 50.2 Å². The summed E-state index contributed by atoms with van der Waals surface area (Å²) in [7, 11) is 0. The number of hydrogen-bond donors (Lipinski definition) is 1. The number of benzene rings is 2. The Labute approximate surface area is 169 Å². The molecule has 146 valence electrons. The van der Waals surface area contributed by atoms with Crippen molar-refractivity contribution >= 4 is 22.7 Å². The van der Waals surface area contributed by atoms with Gasteiger partial charge in [0, 0.05) is 11.8 Å². The molecular formula is C24H22N2O3. The van der Waals surface area contributed by atoms with Gasteiger partial charge in [-0.05, 0) is 62.2 Å². The summed E-state index contributed by atoms with van der Waals surface area (Å²) in [5.74, 6) is 2.26. The molecule has 0 aliphatic heterocycles. The number of rotatable bonds is 5. The van der Waals surface area contributed by atoms with Crippen molar-refractivity contribution in [1.82, 2.24) is 4.98 Å². The van der Waals surface area contributed by atoms with Crippen molar-refractivity contribution in [2.45, 2.75) is 27.2 Å². The third-order valence-corrected chi connectivity index (χ3v) is 4.71. The number of carbonyl (C=O) groups is 1. The fourth-order valence-electron chi connectivity index (χ4n) is 3.08. The van der Waals surface area contributed by atoms with Crippen LogP contribution in [0.25, 0.3) is 11.0 Å². The quantitative estimate of drug-likeness (QED) is 0.453. The molecule has 4 rings (SSSR count). The van der Waals surface area contributed by atoms with Gasteiger partial charge in [-0.25, -0.2) is 4.98 Å². The fourth-order valence-corrected chi connectivity index (χ4v) is 3.08. The molecule has 0 atom stereocenters. The van der Waals surface area contributed by atoms with Crippen LogP contribution in [0.2, 0.25) is 0 Å². The Kier molecular flexibility index (Phi) is 5.04. The van der Waals surface area contributed by atoms with Crippen LogP contribution in [0.5, 0.6) is 11.5 Å². The van der Waals surface area contributed by atoms with E-state index in [1.165, 1.54) is 0 Å². The van der Waals surface area contributed by atoms with Crippen molar-refractivity contribution in [2.75, 3.05) is 5.32 Å². The molecule has 2 aromatic carbocycles. The first-order valence-electron chi connectivity index (χ1n) is 9.57. The van der Waals surface area contributed by atoms with Gasteiger partial charge in [-0.3, -0.25) is 4.79 Å². The van der Waals surface area contributed by atoms with Crippen LogP contribution in [0.3, 0.4) is 0 Å². The predicted molar refractivity (Wildman–Crippen MR) is 114 cm³/mol. The van der Waals surface area contributed by atoms with E-state index in [1.54, 1.807) is 24.4 Å². The number of carbonyl (C=O) groups excluding carboxylic acids is 1. The van der Waals surface area contributed by atoms with Gasteiger partial charge in [0.25, 0.3) is 5.91 Å². The zero-order valence-corrected chi connectivity index (χ0v) is 16.7. The van der Waals surface area contributed by atoms with Crippen LogP contribution < -0.4 is 10.1 Å². The Morgan fingerprint density at radius 2 is 1.86 bits per heavy atom. The first-order valence-corrected chi connectivity index (χ1v) is 9.57. The molecule has 0 bridgehead atoms. The normalized spacial score (nSPS) is 10.9. The lowest BCUT2D eigenvalue weighted by molar-refractivity contribution is 0.102. The topological polar surface area (TPSA) is 64.4 Å². The number of hydrogen-bond acceptors (Lipinski definition) is 4. The van der Waals surface area contributed by atoms with E-state index in [2.05, 4.69) is 17.2 Å². The third-order valence-electron chi connectivity index (χ3n) is 4.71. The van der Waals surface area contributed by atoms with Crippen molar-refractivity contribution in [3.8, 4) is 11.5 Å². The molecule has 0 radical (unpaired) electrons. The van der Waals surface area contributed by atoms with E-state index in [4.69, 9.17) is 9.15 Å². The van der Waals surface area contributed by atoms with Crippen LogP contribution in [0.15, 0.2) is 65.2 Å². The molecule has 0 spiro atoms. The minimum Gasteiger partial charge on any atom is -0.461 e. The van der Waals surface area contributed by atoms with E-state index in [0.717, 1.165) is 28.7 Å². The number of ether oxygens (including phenoxy) is 1. The van der Waals surface area contributed by atoms with Gasteiger partial charge < -0.3 is 14.5 Å². The van der Waals surface area contributed by atoms with E-state index < -0.39 is 0 Å². The van der Waals surface area contributed by atoms with Crippen LogP contribution >= 0.6 is 0 Å². The molecular weight excluding hydrogens is 364 g/mol. The molecule has 0 saturated heterocycles. The Bertz CT molecular complexity index is 1160. The van der Waals surface area contributed by atoms with Gasteiger partial charge in [0.2, 0.25) is 0 Å². The summed E-state index contributed by atoms with van der Waals surface area (Å²) in [6.07, 6.45) is 2.66. The summed E-state index contributed by atoms with van der Waals surface area (Å²) < 4.78 is 11.8. The van der Waals surface area contributed by atoms with Gasteiger partial charge in [0.15, 0.2) is 0 Å². The number of anilines is 1. The number of furan rings is 1. The number of nitrogens with one attached hydrogen (secondary N) is 1. The van der Waals surface area contributed by atoms with Crippen LogP contribution in [0.1, 0.15) is 34.2 Å². The zero-order chi connectivity index (χ0) is 20.4. The number of pyridine rings is 1. The van der Waals surface area contributed by atoms with Crippen LogP contribution in [-0.2, 0) is 6.42 Å². The Balaban J connectivity index is 1.66. The Hall–Kier alpha value is -3.60. The van der Waals surface area contributed by atoms with Crippen molar-refractivity contribution < 1.29 is 13.9 Å². The Morgan fingerprint density at radius 3 is 2.55 bits per heavy atom. The first-order chi connectivity index (χ1) is 14.0. The highest BCUT2D eigenvalue weighted by molar-refractivity contribution is 6.06. The number of fused-ring (bicyclic) bond motifs is 1. The van der Waals surface area contributed by atoms with Crippen molar-refractivity contribution in [3.63, 3.8) is 0 Å². The van der Waals surface area contributed by atoms with Gasteiger partial charge in [0.1, 0.15) is 28.7 Å². The van der Waals surface area contributed by atoms with Gasteiger partial charge in [-0.2, -0.15) is 0 Å². The summed E-state index contributed by atoms with van der Waals surface area (Å²) in [5, 5.41) is 3.66. The third kappa shape index (κ3) is 4.14. The van der Waals surface area contributed by atoms with Crippen LogP contribution in [0.4, 0.5) is 5.82 Å². The largest absolute Gasteiger partial charge is 0.461 e. The first kappa shape index (κ1) is 18.7. The monoisotopic (exact) mass is 386 g/mol. The lowest BCUT2D eigenvalue weighted by Gasteiger charge is -2.10. The number of aryl methyl sites for hydroxylation is 3. The standard InChI is InChI=1S/C24H22N2O3/c1-4-17-7-10-23(25-14-17)26-24(27)18-12-21-20(11-16(3)28-21)22(13-18)29-19-8-5-15(2)6-9-19/h5-14H,4H2,1-3H3,(H,25,26,27). The number of aromatic nitrogens is 1. The zero-order valence-electron chi connectivity index (χ0n) is 16.7. The highest BCUT2D eigenvalue weighted by Crippen LogP contribution is 2.34. The minimum atomic E-state index is -0.272. The molecule has 1 N–H and O–H groups in total. The molecule has 4 aromatic rings. The molecule has 29 heavy (non-hydrogen) atoms. The SMILES string of the molecule is CCc1ccc(NC(=O)c2cc(Oc3ccc(C)cc3)c3cc(C)oc3c2)nc1. The maximum absolute atomic E-state index is 12.8. The summed E-state index contributed by atoms with van der Waals surface area (Å²) in [6.45, 7) is 5.95. The lowest BCUT2D eigenvalue weighted by Crippen LogP contribution is -2.13. The molecule has 0 saturated carbocycles. The average Bonchev–Trinajstić information content (AvgIpc) is 3.10. The van der Waals surface area contributed by atoms with Gasteiger partial charge in [0.05, 0.1) is 5.39 Å². The second kappa shape index (κ2) is 7.80. The number of nitrogens with zero attached hydrogens (tertiary/aromatic N) is 1. The molecule has 0 aliphatic carbocycles. The second-order valence-corrected chi connectivity index (χ2v) is 7.02. The van der Waals surface area contributed by atoms with Gasteiger partial charge in [-0.1, -0.05) is 30.7 Å². The lowest BCUT2D eigenvalue weighted by atomic mass is 10.1. The van der Waals surface area contributed by atoms with E-state index in [-0.39, 0.29) is 5.91 Å². The van der Waals surface area contributed by atoms with E-state index in [9.17, 15) is 4.79 Å². The fraction of sp³-hybridized carbons (Fsp3) is 0.167. The Morgan fingerprint density at radius 1 is 1.07 bits per heavy atom. The second-order valence-electron chi connectivity index (χ2n) is 7.02. The molecule has 1 amide bonds. The molecule has 2 aromatic heterocycles. The smallest absolute Gasteiger partial charge is 0.257 e. The van der Waals surface area contributed by atoms with E-state index >= 15 is 0 Å². The highest BCUT2D eigenvalue weighted by atomic mass is 16.5. The molecule has 0 fully saturated rings. The van der Waals surface area contributed by atoms with Crippen molar-refractivity contribution in [1.29, 1.82) is 0 Å². The number of amides is 1. The minimum absolute atomic E-state index is 0.272. The van der Waals surface area contributed by atoms with Gasteiger partial charge in [-0.15, -0.1) is 0 Å². The predicted octanol–water partition coefficient (Wildman–Crippen LogP) is 6.05. The van der Waals surface area contributed by atoms with Crippen LogP contribution in [-0.4, -0.2) is 10.9 Å².